The zero-order valence-corrected chi connectivity index (χ0v) is 22.2. The topological polar surface area (TPSA) is 115 Å². The van der Waals surface area contributed by atoms with Crippen molar-refractivity contribution in [3.8, 4) is 0 Å². The maximum Gasteiger partial charge on any atom is 0.348 e. The average molecular weight is 559 g/mol. The van der Waals surface area contributed by atoms with E-state index >= 15 is 0 Å². The highest BCUT2D eigenvalue weighted by Gasteiger charge is 2.45. The molecule has 0 amide bonds. The number of amidine groups is 1. The highest BCUT2D eigenvalue weighted by Crippen LogP contribution is 2.43. The van der Waals surface area contributed by atoms with E-state index in [4.69, 9.17) is 14.6 Å². The Kier molecular flexibility index (Phi) is 6.77. The number of benzene rings is 4. The second-order valence-corrected chi connectivity index (χ2v) is 9.20. The molecular formula is C32H22N4O6. The van der Waals surface area contributed by atoms with Gasteiger partial charge in [-0.2, -0.15) is 0 Å². The lowest BCUT2D eigenvalue weighted by atomic mass is 10.0. The van der Waals surface area contributed by atoms with Crippen LogP contribution < -0.4 is 9.91 Å². The van der Waals surface area contributed by atoms with Crippen molar-refractivity contribution in [1.82, 2.24) is 0 Å². The number of para-hydroxylation sites is 2. The van der Waals surface area contributed by atoms with Crippen LogP contribution in [-0.4, -0.2) is 29.8 Å². The van der Waals surface area contributed by atoms with Gasteiger partial charge in [0, 0.05) is 28.9 Å². The number of carbonyl (C=O) groups is 2. The molecular weight excluding hydrogens is 536 g/mol. The lowest BCUT2D eigenvalue weighted by Crippen LogP contribution is -2.32. The second kappa shape index (κ2) is 10.9. The van der Waals surface area contributed by atoms with Crippen molar-refractivity contribution < 1.29 is 24.0 Å². The highest BCUT2D eigenvalue weighted by molar-refractivity contribution is 6.21. The number of cyclic esters (lactones) is 1. The van der Waals surface area contributed by atoms with E-state index in [1.807, 2.05) is 91.0 Å². The zero-order valence-electron chi connectivity index (χ0n) is 22.2. The smallest absolute Gasteiger partial charge is 0.348 e. The molecule has 2 aliphatic heterocycles. The summed E-state index contributed by atoms with van der Waals surface area (Å²) in [6, 6.07) is 33.4. The number of esters is 2. The Bertz CT molecular complexity index is 1800. The number of non-ortho nitro benzene ring substituents is 1. The van der Waals surface area contributed by atoms with Crippen molar-refractivity contribution in [3.63, 3.8) is 0 Å². The van der Waals surface area contributed by atoms with E-state index in [9.17, 15) is 19.7 Å². The second-order valence-electron chi connectivity index (χ2n) is 9.20. The van der Waals surface area contributed by atoms with Gasteiger partial charge in [0.05, 0.1) is 17.7 Å². The first-order valence-corrected chi connectivity index (χ1v) is 12.9. The summed E-state index contributed by atoms with van der Waals surface area (Å²) in [6.07, 6.45) is 0. The third kappa shape index (κ3) is 4.56. The normalized spacial score (nSPS) is 16.4. The van der Waals surface area contributed by atoms with E-state index in [-0.39, 0.29) is 34.0 Å². The van der Waals surface area contributed by atoms with Crippen LogP contribution in [0.5, 0.6) is 0 Å². The third-order valence-corrected chi connectivity index (χ3v) is 6.67. The quantitative estimate of drug-likeness (QED) is 0.129. The Morgan fingerprint density at radius 2 is 1.43 bits per heavy atom. The van der Waals surface area contributed by atoms with Crippen LogP contribution in [0.4, 0.5) is 17.1 Å². The maximum absolute atomic E-state index is 13.8. The number of ether oxygens (including phenoxy) is 2. The van der Waals surface area contributed by atoms with Gasteiger partial charge >= 0.3 is 11.9 Å². The standard InChI is InChI=1S/C32H22N4O6/c1-41-31(37)26-27(32(38)42-28(26)22-14-11-19-25(20-22)36(39)40)30-34(23-15-7-3-8-16-23)29(21-12-5-2-6-13-21)33-35(30)24-17-9-4-10-18-24/h2-20H,1H3/b30-27+. The molecule has 0 atom stereocenters. The number of hydrazone groups is 1. The van der Waals surface area contributed by atoms with Gasteiger partial charge in [-0.1, -0.05) is 78.9 Å². The number of nitrogens with zero attached hydrogens (tertiary/aromatic N) is 4. The van der Waals surface area contributed by atoms with Crippen molar-refractivity contribution in [2.45, 2.75) is 0 Å². The number of hydrogen-bond acceptors (Lipinski definition) is 9. The van der Waals surface area contributed by atoms with E-state index in [1.54, 1.807) is 9.91 Å². The summed E-state index contributed by atoms with van der Waals surface area (Å²) in [7, 11) is 1.19. The molecule has 206 valence electrons. The number of nitro groups is 1. The molecule has 42 heavy (non-hydrogen) atoms. The highest BCUT2D eigenvalue weighted by atomic mass is 16.6. The monoisotopic (exact) mass is 558 g/mol. The Morgan fingerprint density at radius 1 is 0.833 bits per heavy atom. The average Bonchev–Trinajstić information content (AvgIpc) is 3.60. The van der Waals surface area contributed by atoms with Crippen molar-refractivity contribution in [3.05, 3.63) is 153 Å². The first-order valence-electron chi connectivity index (χ1n) is 12.9. The minimum atomic E-state index is -0.848. The van der Waals surface area contributed by atoms with Crippen LogP contribution in [0.2, 0.25) is 0 Å². The van der Waals surface area contributed by atoms with Gasteiger partial charge in [-0.05, 0) is 24.3 Å². The Morgan fingerprint density at radius 3 is 2.05 bits per heavy atom. The van der Waals surface area contributed by atoms with Crippen LogP contribution in [0.1, 0.15) is 11.1 Å². The minimum Gasteiger partial charge on any atom is -0.465 e. The number of nitro benzene ring substituents is 1. The molecule has 0 spiro atoms. The summed E-state index contributed by atoms with van der Waals surface area (Å²) in [6.45, 7) is 0. The fourth-order valence-electron chi connectivity index (χ4n) is 4.82. The lowest BCUT2D eigenvalue weighted by molar-refractivity contribution is -0.384. The number of anilines is 2. The maximum atomic E-state index is 13.8. The molecule has 0 aliphatic carbocycles. The third-order valence-electron chi connectivity index (χ3n) is 6.67. The molecule has 0 radical (unpaired) electrons. The first kappa shape index (κ1) is 26.2. The van der Waals surface area contributed by atoms with Crippen LogP contribution in [0.3, 0.4) is 0 Å². The molecule has 0 bridgehead atoms. The van der Waals surface area contributed by atoms with Gasteiger partial charge in [-0.15, -0.1) is 5.10 Å². The van der Waals surface area contributed by atoms with Crippen LogP contribution in [0, 0.1) is 10.1 Å². The number of carbonyl (C=O) groups excluding carboxylic acids is 2. The summed E-state index contributed by atoms with van der Waals surface area (Å²) in [5, 5.41) is 18.0. The van der Waals surface area contributed by atoms with Gasteiger partial charge in [0.25, 0.3) is 5.69 Å². The number of methoxy groups -OCH3 is 1. The summed E-state index contributed by atoms with van der Waals surface area (Å²) < 4.78 is 10.8. The predicted octanol–water partition coefficient (Wildman–Crippen LogP) is 5.64. The zero-order chi connectivity index (χ0) is 29.2. The van der Waals surface area contributed by atoms with Crippen LogP contribution in [-0.2, 0) is 19.1 Å². The molecule has 0 N–H and O–H groups in total. The van der Waals surface area contributed by atoms with Crippen LogP contribution in [0.15, 0.2) is 137 Å². The van der Waals surface area contributed by atoms with Gasteiger partial charge < -0.3 is 9.47 Å². The molecule has 4 aromatic rings. The Labute approximate surface area is 240 Å². The number of rotatable bonds is 6. The summed E-state index contributed by atoms with van der Waals surface area (Å²) in [4.78, 5) is 39.9. The largest absolute Gasteiger partial charge is 0.465 e. The van der Waals surface area contributed by atoms with Crippen molar-refractivity contribution in [1.29, 1.82) is 0 Å². The summed E-state index contributed by atoms with van der Waals surface area (Å²) in [5.74, 6) is -1.10. The molecule has 0 saturated carbocycles. The van der Waals surface area contributed by atoms with E-state index in [1.165, 1.54) is 31.4 Å². The molecule has 0 saturated heterocycles. The van der Waals surface area contributed by atoms with Gasteiger partial charge in [-0.3, -0.25) is 15.0 Å². The van der Waals surface area contributed by atoms with Gasteiger partial charge in [0.15, 0.2) is 17.4 Å². The lowest BCUT2D eigenvalue weighted by Gasteiger charge is -2.26. The fraction of sp³-hybridized carbons (Fsp3) is 0.0312. The predicted molar refractivity (Wildman–Crippen MR) is 156 cm³/mol. The Hall–Kier alpha value is -6.03. The van der Waals surface area contributed by atoms with Gasteiger partial charge in [0.1, 0.15) is 11.1 Å². The van der Waals surface area contributed by atoms with E-state index in [0.29, 0.717) is 17.2 Å². The fourth-order valence-corrected chi connectivity index (χ4v) is 4.82. The minimum absolute atomic E-state index is 0.106. The van der Waals surface area contributed by atoms with Gasteiger partial charge in [0.2, 0.25) is 0 Å². The van der Waals surface area contributed by atoms with Crippen LogP contribution in [0.25, 0.3) is 5.76 Å². The summed E-state index contributed by atoms with van der Waals surface area (Å²) >= 11 is 0. The molecule has 10 heteroatoms. The molecule has 0 fully saturated rings. The van der Waals surface area contributed by atoms with E-state index in [0.717, 1.165) is 5.56 Å². The molecule has 4 aromatic carbocycles. The Balaban J connectivity index is 1.68. The SMILES string of the molecule is COC(=O)C1=C(c2cccc([N+](=O)[O-])c2)OC(=O)/C1=C1/N(c2ccccc2)N=C(c2ccccc2)N1c1ccccc1. The molecule has 0 unspecified atom stereocenters. The van der Waals surface area contributed by atoms with Gasteiger partial charge in [-0.25, -0.2) is 14.6 Å². The van der Waals surface area contributed by atoms with Crippen LogP contribution >= 0.6 is 0 Å². The summed E-state index contributed by atoms with van der Waals surface area (Å²) in [5.41, 5.74) is 1.71. The molecule has 2 aliphatic rings. The molecule has 0 aromatic heterocycles. The molecule has 10 nitrogen and oxygen atoms in total. The van der Waals surface area contributed by atoms with E-state index in [2.05, 4.69) is 0 Å². The number of hydrogen-bond donors (Lipinski definition) is 0. The van der Waals surface area contributed by atoms with Crippen molar-refractivity contribution in [2.75, 3.05) is 17.0 Å². The van der Waals surface area contributed by atoms with Crippen molar-refractivity contribution in [2.24, 2.45) is 5.10 Å². The molecule has 6 rings (SSSR count). The molecule has 2 heterocycles. The van der Waals surface area contributed by atoms with Crippen molar-refractivity contribution >= 4 is 40.6 Å². The first-order chi connectivity index (χ1) is 20.5. The van der Waals surface area contributed by atoms with E-state index < -0.39 is 16.9 Å².